The highest BCUT2D eigenvalue weighted by Gasteiger charge is 2.34. The molecule has 2 amide bonds. The van der Waals surface area contributed by atoms with E-state index in [1.165, 1.54) is 11.3 Å². The summed E-state index contributed by atoms with van der Waals surface area (Å²) in [6.45, 7) is 7.34. The number of amides is 2. The summed E-state index contributed by atoms with van der Waals surface area (Å²) >= 11 is 5.77. The summed E-state index contributed by atoms with van der Waals surface area (Å²) < 4.78 is 0.817. The molecule has 0 bridgehead atoms. The van der Waals surface area contributed by atoms with E-state index < -0.39 is 5.91 Å². The summed E-state index contributed by atoms with van der Waals surface area (Å²) in [6, 6.07) is 10.8. The SMILES string of the molecule is CC(C)(C)C1CCC(N(Cc2ccc(C(=O)N=C(N)N=N)cc2)C(=O)c2ccc(S)s2)CC1. The van der Waals surface area contributed by atoms with Crippen molar-refractivity contribution in [2.75, 3.05) is 0 Å². The lowest BCUT2D eigenvalue weighted by Crippen LogP contribution is -2.42. The fourth-order valence-corrected chi connectivity index (χ4v) is 5.42. The van der Waals surface area contributed by atoms with E-state index >= 15 is 0 Å². The molecular weight excluding hydrogens is 454 g/mol. The summed E-state index contributed by atoms with van der Waals surface area (Å²) in [4.78, 5) is 31.8. The zero-order valence-corrected chi connectivity index (χ0v) is 21.0. The molecule has 0 radical (unpaired) electrons. The summed E-state index contributed by atoms with van der Waals surface area (Å²) in [5.41, 5.74) is 13.7. The second kappa shape index (κ2) is 10.6. The number of nitrogens with two attached hydrogens (primary N) is 1. The van der Waals surface area contributed by atoms with Crippen LogP contribution >= 0.6 is 24.0 Å². The Kier molecular flexibility index (Phi) is 8.07. The standard InChI is InChI=1S/C24H31N5O2S2/c1-24(2,3)17-8-10-18(11-9-17)29(22(31)19-12-13-20(32)33-19)14-15-4-6-16(7-5-15)21(30)27-23(25)28-26/h4-7,12-13,17-18,26,32H,8-11,14H2,1-3H3,(H2,25,27,30). The Morgan fingerprint density at radius 2 is 1.76 bits per heavy atom. The van der Waals surface area contributed by atoms with E-state index in [1.54, 1.807) is 12.1 Å². The number of hydrogen-bond donors (Lipinski definition) is 3. The molecule has 1 aliphatic carbocycles. The number of thiol groups is 1. The van der Waals surface area contributed by atoms with Gasteiger partial charge in [-0.05, 0) is 66.8 Å². The van der Waals surface area contributed by atoms with Crippen LogP contribution in [0.2, 0.25) is 0 Å². The quantitative estimate of drug-likeness (QED) is 0.216. The first-order chi connectivity index (χ1) is 15.6. The molecule has 176 valence electrons. The largest absolute Gasteiger partial charge is 0.366 e. The Balaban J connectivity index is 1.79. The van der Waals surface area contributed by atoms with E-state index in [2.05, 4.69) is 43.5 Å². The van der Waals surface area contributed by atoms with Crippen LogP contribution in [-0.4, -0.2) is 28.7 Å². The molecule has 7 nitrogen and oxygen atoms in total. The third-order valence-electron chi connectivity index (χ3n) is 6.31. The molecule has 1 aliphatic rings. The van der Waals surface area contributed by atoms with Crippen LogP contribution in [0.4, 0.5) is 0 Å². The summed E-state index contributed by atoms with van der Waals surface area (Å²) in [6.07, 6.45) is 4.17. The predicted molar refractivity (Wildman–Crippen MR) is 134 cm³/mol. The zero-order valence-electron chi connectivity index (χ0n) is 19.2. The van der Waals surface area contributed by atoms with Gasteiger partial charge in [0.2, 0.25) is 5.96 Å². The zero-order chi connectivity index (χ0) is 24.2. The molecule has 0 unspecified atom stereocenters. The van der Waals surface area contributed by atoms with Gasteiger partial charge < -0.3 is 10.6 Å². The monoisotopic (exact) mass is 485 g/mol. The summed E-state index contributed by atoms with van der Waals surface area (Å²) in [5.74, 6) is -0.256. The average Bonchev–Trinajstić information content (AvgIpc) is 3.23. The number of carbonyl (C=O) groups is 2. The molecule has 3 rings (SSSR count). The molecule has 3 N–H and O–H groups in total. The van der Waals surface area contributed by atoms with Gasteiger partial charge in [-0.1, -0.05) is 32.9 Å². The van der Waals surface area contributed by atoms with E-state index in [0.29, 0.717) is 22.9 Å². The minimum absolute atomic E-state index is 0.0223. The van der Waals surface area contributed by atoms with Crippen LogP contribution in [0.15, 0.2) is 50.7 Å². The maximum Gasteiger partial charge on any atom is 0.280 e. The van der Waals surface area contributed by atoms with Gasteiger partial charge in [-0.15, -0.1) is 29.1 Å². The second-order valence-corrected chi connectivity index (χ2v) is 11.4. The minimum Gasteiger partial charge on any atom is -0.366 e. The maximum absolute atomic E-state index is 13.5. The fourth-order valence-electron chi connectivity index (χ4n) is 4.35. The third kappa shape index (κ3) is 6.51. The van der Waals surface area contributed by atoms with Crippen LogP contribution in [0.1, 0.15) is 72.0 Å². The van der Waals surface area contributed by atoms with Crippen molar-refractivity contribution < 1.29 is 9.59 Å². The smallest absolute Gasteiger partial charge is 0.280 e. The molecular formula is C24H31N5O2S2. The Morgan fingerprint density at radius 3 is 2.27 bits per heavy atom. The second-order valence-electron chi connectivity index (χ2n) is 9.53. The number of benzene rings is 1. The highest BCUT2D eigenvalue weighted by Crippen LogP contribution is 2.39. The van der Waals surface area contributed by atoms with Gasteiger partial charge in [-0.3, -0.25) is 9.59 Å². The number of rotatable bonds is 5. The van der Waals surface area contributed by atoms with Crippen molar-refractivity contribution in [3.8, 4) is 0 Å². The molecule has 1 fully saturated rings. The van der Waals surface area contributed by atoms with Crippen molar-refractivity contribution in [1.29, 1.82) is 5.53 Å². The van der Waals surface area contributed by atoms with Crippen molar-refractivity contribution in [1.82, 2.24) is 4.90 Å². The first kappa shape index (κ1) is 25.1. The molecule has 1 aromatic carbocycles. The van der Waals surface area contributed by atoms with Gasteiger partial charge in [0.05, 0.1) is 9.09 Å². The van der Waals surface area contributed by atoms with Crippen LogP contribution in [0.25, 0.3) is 0 Å². The first-order valence-corrected chi connectivity index (χ1v) is 12.3. The van der Waals surface area contributed by atoms with Gasteiger partial charge in [0.15, 0.2) is 0 Å². The van der Waals surface area contributed by atoms with Gasteiger partial charge in [-0.2, -0.15) is 4.99 Å². The number of aliphatic imine (C=N–C) groups is 1. The number of carbonyl (C=O) groups excluding carboxylic acids is 2. The van der Waals surface area contributed by atoms with Crippen LogP contribution in [0.5, 0.6) is 0 Å². The fraction of sp³-hybridized carbons (Fsp3) is 0.458. The molecule has 33 heavy (non-hydrogen) atoms. The molecule has 0 aliphatic heterocycles. The van der Waals surface area contributed by atoms with E-state index in [4.69, 9.17) is 11.3 Å². The van der Waals surface area contributed by atoms with Crippen molar-refractivity contribution in [3.63, 3.8) is 0 Å². The molecule has 0 spiro atoms. The summed E-state index contributed by atoms with van der Waals surface area (Å²) in [5, 5.41) is 2.94. The predicted octanol–water partition coefficient (Wildman–Crippen LogP) is 5.77. The Labute approximate surface area is 204 Å². The molecule has 1 aromatic heterocycles. The van der Waals surface area contributed by atoms with E-state index in [0.717, 1.165) is 35.5 Å². The Hall–Kier alpha value is -2.52. The number of hydrogen-bond acceptors (Lipinski definition) is 5. The third-order valence-corrected chi connectivity index (χ3v) is 7.61. The van der Waals surface area contributed by atoms with Crippen molar-refractivity contribution in [2.24, 2.45) is 27.2 Å². The van der Waals surface area contributed by atoms with E-state index in [9.17, 15) is 9.59 Å². The number of nitrogens with one attached hydrogen (secondary N) is 1. The van der Waals surface area contributed by atoms with Gasteiger partial charge >= 0.3 is 0 Å². The summed E-state index contributed by atoms with van der Waals surface area (Å²) in [7, 11) is 0. The lowest BCUT2D eigenvalue weighted by atomic mass is 9.71. The molecule has 9 heteroatoms. The highest BCUT2D eigenvalue weighted by atomic mass is 32.2. The number of guanidine groups is 1. The molecule has 0 saturated heterocycles. The van der Waals surface area contributed by atoms with E-state index in [1.807, 2.05) is 29.2 Å². The van der Waals surface area contributed by atoms with E-state index in [-0.39, 0.29) is 23.3 Å². The minimum atomic E-state index is -0.552. The van der Waals surface area contributed by atoms with Gasteiger partial charge in [-0.25, -0.2) is 5.53 Å². The first-order valence-electron chi connectivity index (χ1n) is 11.0. The molecule has 2 aromatic rings. The van der Waals surface area contributed by atoms with Crippen LogP contribution in [-0.2, 0) is 6.54 Å². The number of nitrogens with zero attached hydrogens (tertiary/aromatic N) is 3. The lowest BCUT2D eigenvalue weighted by molar-refractivity contribution is 0.0535. The normalized spacial score (nSPS) is 19.2. The van der Waals surface area contributed by atoms with Crippen molar-refractivity contribution in [3.05, 3.63) is 52.4 Å². The maximum atomic E-state index is 13.5. The van der Waals surface area contributed by atoms with Crippen molar-refractivity contribution >= 4 is 41.7 Å². The number of thiophene rings is 1. The topological polar surface area (TPSA) is 112 Å². The Bertz CT molecular complexity index is 1030. The van der Waals surface area contributed by atoms with Crippen molar-refractivity contribution in [2.45, 2.75) is 63.3 Å². The molecule has 0 atom stereocenters. The van der Waals surface area contributed by atoms with Gasteiger partial charge in [0.1, 0.15) is 0 Å². The van der Waals surface area contributed by atoms with Gasteiger partial charge in [0.25, 0.3) is 11.8 Å². The van der Waals surface area contributed by atoms with Crippen LogP contribution in [0.3, 0.4) is 0 Å². The van der Waals surface area contributed by atoms with Gasteiger partial charge in [0, 0.05) is 18.2 Å². The molecule has 1 saturated carbocycles. The molecule has 1 heterocycles. The van der Waals surface area contributed by atoms with Crippen LogP contribution < -0.4 is 5.73 Å². The van der Waals surface area contributed by atoms with Crippen LogP contribution in [0, 0.1) is 16.9 Å². The average molecular weight is 486 g/mol. The highest BCUT2D eigenvalue weighted by molar-refractivity contribution is 7.82. The lowest BCUT2D eigenvalue weighted by Gasteiger charge is -2.41. The Morgan fingerprint density at radius 1 is 1.12 bits per heavy atom.